The second-order valence-electron chi connectivity index (χ2n) is 9.72. The number of allylic oxidation sites excluding steroid dienone is 4. The lowest BCUT2D eigenvalue weighted by molar-refractivity contribution is 0.0968. The van der Waals surface area contributed by atoms with Gasteiger partial charge in [-0.2, -0.15) is 0 Å². The molecule has 4 aromatic rings. The van der Waals surface area contributed by atoms with Gasteiger partial charge in [-0.25, -0.2) is 10.4 Å². The number of aryl methyl sites for hydroxylation is 2. The number of Topliss-reactive ketones (excluding diaryl/α,β-unsaturated/α-hetero) is 1. The van der Waals surface area contributed by atoms with Gasteiger partial charge in [-0.05, 0) is 59.4 Å². The first-order chi connectivity index (χ1) is 18.4. The molecule has 3 nitrogen and oxygen atoms in total. The van der Waals surface area contributed by atoms with Crippen molar-refractivity contribution in [3.63, 3.8) is 0 Å². The maximum atomic E-state index is 13.3. The van der Waals surface area contributed by atoms with Crippen LogP contribution in [0, 0.1) is 19.8 Å². The molecule has 4 heteroatoms. The van der Waals surface area contributed by atoms with E-state index in [1.165, 1.54) is 0 Å². The molecule has 4 aromatic carbocycles. The van der Waals surface area contributed by atoms with Crippen molar-refractivity contribution in [1.29, 1.82) is 0 Å². The van der Waals surface area contributed by atoms with Gasteiger partial charge in [0, 0.05) is 22.6 Å². The van der Waals surface area contributed by atoms with Gasteiger partial charge >= 0.3 is 0 Å². The summed E-state index contributed by atoms with van der Waals surface area (Å²) in [6.07, 6.45) is 7.27. The zero-order chi connectivity index (χ0) is 26.4. The van der Waals surface area contributed by atoms with E-state index in [9.17, 15) is 13.8 Å². The molecule has 1 unspecified atom stereocenters. The van der Waals surface area contributed by atoms with Crippen LogP contribution in [0.3, 0.4) is 0 Å². The molecule has 186 valence electrons. The molecule has 1 aliphatic carbocycles. The molecule has 0 bridgehead atoms. The van der Waals surface area contributed by atoms with Crippen LogP contribution in [-0.4, -0.2) is 16.4 Å². The largest absolute Gasteiger partial charge is 0.457 e. The number of ketones is 2. The first-order valence-electron chi connectivity index (χ1n) is 12.6. The van der Waals surface area contributed by atoms with Crippen LogP contribution in [0.1, 0.15) is 37.4 Å². The summed E-state index contributed by atoms with van der Waals surface area (Å²) in [5.74, 6) is -0.442. The van der Waals surface area contributed by atoms with Crippen molar-refractivity contribution in [2.24, 2.45) is 5.92 Å². The number of benzene rings is 4. The molecule has 0 saturated heterocycles. The van der Waals surface area contributed by atoms with Crippen molar-refractivity contribution in [2.75, 3.05) is 0 Å². The van der Waals surface area contributed by atoms with Crippen LogP contribution < -0.4 is 0 Å². The second kappa shape index (κ2) is 9.55. The molecule has 1 atom stereocenters. The smallest absolute Gasteiger partial charge is 0.193 e. The van der Waals surface area contributed by atoms with Gasteiger partial charge in [0.25, 0.3) is 0 Å². The SMILES string of the molecule is Cc1ccccc1C(=O)c1cc(-c2ccc(-c3ccc4c(c3)C(=O)C3C=CC=CC3=[S-]4=O)cc2)ccc1C. The van der Waals surface area contributed by atoms with Gasteiger partial charge < -0.3 is 4.21 Å². The van der Waals surface area contributed by atoms with E-state index in [0.29, 0.717) is 20.9 Å². The van der Waals surface area contributed by atoms with Gasteiger partial charge in [0.05, 0.1) is 0 Å². The third-order valence-electron chi connectivity index (χ3n) is 7.35. The third-order valence-corrected chi connectivity index (χ3v) is 8.92. The van der Waals surface area contributed by atoms with Crippen molar-refractivity contribution < 1.29 is 13.8 Å². The molecular weight excluding hydrogens is 488 g/mol. The molecule has 0 fully saturated rings. The second-order valence-corrected chi connectivity index (χ2v) is 11.2. The van der Waals surface area contributed by atoms with Crippen molar-refractivity contribution in [1.82, 2.24) is 0 Å². The van der Waals surface area contributed by atoms with Crippen LogP contribution in [0.5, 0.6) is 0 Å². The summed E-state index contributed by atoms with van der Waals surface area (Å²) in [6, 6.07) is 27.3. The Labute approximate surface area is 224 Å². The molecule has 0 spiro atoms. The summed E-state index contributed by atoms with van der Waals surface area (Å²) < 4.78 is 13.1. The highest BCUT2D eigenvalue weighted by Gasteiger charge is 2.25. The minimum absolute atomic E-state index is 0.0147. The number of fused-ring (bicyclic) bond motifs is 2. The molecule has 0 saturated carbocycles. The van der Waals surface area contributed by atoms with Gasteiger partial charge in [-0.3, -0.25) is 9.59 Å². The van der Waals surface area contributed by atoms with E-state index in [4.69, 9.17) is 0 Å². The summed E-state index contributed by atoms with van der Waals surface area (Å²) >= 11 is 0. The Balaban J connectivity index is 1.33. The molecule has 0 N–H and O–H groups in total. The summed E-state index contributed by atoms with van der Waals surface area (Å²) in [6.45, 7) is 3.92. The Morgan fingerprint density at radius 2 is 1.34 bits per heavy atom. The molecule has 0 amide bonds. The predicted octanol–water partition coefficient (Wildman–Crippen LogP) is 7.30. The predicted molar refractivity (Wildman–Crippen MR) is 154 cm³/mol. The summed E-state index contributed by atoms with van der Waals surface area (Å²) in [5.41, 5.74) is 7.68. The minimum Gasteiger partial charge on any atom is -0.457 e. The normalized spacial score (nSPS) is 16.3. The van der Waals surface area contributed by atoms with Crippen LogP contribution in [0.2, 0.25) is 0 Å². The molecule has 1 heterocycles. The number of hydrogen-bond donors (Lipinski definition) is 0. The van der Waals surface area contributed by atoms with E-state index in [-0.39, 0.29) is 11.6 Å². The standard InChI is InChI=1S/C34H25O3S/c1-21-7-3-4-8-27(21)33(35)29-19-25(12-11-22(29)2)23-13-15-24(16-14-23)26-17-18-32-30(20-26)34(36)28-9-5-6-10-31(28)38(32)37/h3-20,28H,1-2H3/q-1. The lowest BCUT2D eigenvalue weighted by Gasteiger charge is -2.30. The van der Waals surface area contributed by atoms with Crippen LogP contribution in [0.15, 0.2) is 114 Å². The molecule has 0 aromatic heterocycles. The maximum absolute atomic E-state index is 13.3. The zero-order valence-corrected chi connectivity index (χ0v) is 21.9. The van der Waals surface area contributed by atoms with Gasteiger partial charge in [0.1, 0.15) is 0 Å². The zero-order valence-electron chi connectivity index (χ0n) is 21.1. The van der Waals surface area contributed by atoms with E-state index in [0.717, 1.165) is 38.9 Å². The topological polar surface area (TPSA) is 51.2 Å². The van der Waals surface area contributed by atoms with E-state index in [2.05, 4.69) is 0 Å². The Kier molecular flexibility index (Phi) is 6.05. The molecule has 6 rings (SSSR count). The van der Waals surface area contributed by atoms with E-state index in [1.807, 2.05) is 117 Å². The number of carbonyl (C=O) groups is 2. The Morgan fingerprint density at radius 3 is 2.08 bits per heavy atom. The molecule has 0 radical (unpaired) electrons. The van der Waals surface area contributed by atoms with Crippen molar-refractivity contribution in [3.8, 4) is 22.3 Å². The Morgan fingerprint density at radius 1 is 0.711 bits per heavy atom. The van der Waals surface area contributed by atoms with Crippen molar-refractivity contribution in [3.05, 3.63) is 137 Å². The highest BCUT2D eigenvalue weighted by Crippen LogP contribution is 2.32. The average molecular weight is 514 g/mol. The highest BCUT2D eigenvalue weighted by atomic mass is 32.2. The molecule has 1 aliphatic heterocycles. The summed E-state index contributed by atoms with van der Waals surface area (Å²) in [7, 11) is -1.34. The van der Waals surface area contributed by atoms with Crippen molar-refractivity contribution >= 4 is 26.8 Å². The van der Waals surface area contributed by atoms with E-state index < -0.39 is 16.3 Å². The molecule has 2 aliphatic rings. The fraction of sp³-hybridized carbons (Fsp3) is 0.0882. The van der Waals surface area contributed by atoms with Gasteiger partial charge in [0.2, 0.25) is 0 Å². The summed E-state index contributed by atoms with van der Waals surface area (Å²) in [4.78, 5) is 27.7. The lowest BCUT2D eigenvalue weighted by Crippen LogP contribution is -2.29. The van der Waals surface area contributed by atoms with Crippen LogP contribution >= 0.6 is 0 Å². The van der Waals surface area contributed by atoms with Crippen LogP contribution in [-0.2, 0) is 14.6 Å². The maximum Gasteiger partial charge on any atom is 0.193 e. The van der Waals surface area contributed by atoms with E-state index >= 15 is 0 Å². The number of hydrogen-bond acceptors (Lipinski definition) is 4. The Hall–Kier alpha value is -4.28. The molecular formula is C34H25O3S-. The molecule has 38 heavy (non-hydrogen) atoms. The third kappa shape index (κ3) is 4.07. The highest BCUT2D eigenvalue weighted by molar-refractivity contribution is 7.85. The van der Waals surface area contributed by atoms with Gasteiger partial charge in [-0.15, -0.1) is 9.76 Å². The van der Waals surface area contributed by atoms with Gasteiger partial charge in [0.15, 0.2) is 11.6 Å². The number of carbonyl (C=O) groups excluding carboxylic acids is 2. The lowest BCUT2D eigenvalue weighted by atomic mass is 9.89. The van der Waals surface area contributed by atoms with Crippen molar-refractivity contribution in [2.45, 2.75) is 18.7 Å². The quantitative estimate of drug-likeness (QED) is 0.163. The van der Waals surface area contributed by atoms with Crippen LogP contribution in [0.25, 0.3) is 22.3 Å². The van der Waals surface area contributed by atoms with Gasteiger partial charge in [-0.1, -0.05) is 97.1 Å². The first kappa shape index (κ1) is 24.1. The fourth-order valence-electron chi connectivity index (χ4n) is 5.15. The fourth-order valence-corrected chi connectivity index (χ4v) is 6.57. The minimum atomic E-state index is -1.34. The number of rotatable bonds is 4. The monoisotopic (exact) mass is 513 g/mol. The average Bonchev–Trinajstić information content (AvgIpc) is 2.96. The Bertz CT molecular complexity index is 1780. The first-order valence-corrected chi connectivity index (χ1v) is 13.7. The van der Waals surface area contributed by atoms with E-state index in [1.54, 1.807) is 6.08 Å². The van der Waals surface area contributed by atoms with Crippen LogP contribution in [0.4, 0.5) is 0 Å². The summed E-state index contributed by atoms with van der Waals surface area (Å²) in [5, 5.41) is 0.